The van der Waals surface area contributed by atoms with E-state index in [1.54, 1.807) is 7.11 Å². The van der Waals surface area contributed by atoms with Crippen LogP contribution in [0.15, 0.2) is 24.3 Å². The summed E-state index contributed by atoms with van der Waals surface area (Å²) in [6.07, 6.45) is 0. The number of carbonyl (C=O) groups is 1. The van der Waals surface area contributed by atoms with E-state index in [9.17, 15) is 9.90 Å². The first-order valence-corrected chi connectivity index (χ1v) is 5.64. The molecule has 1 rings (SSSR count). The molecule has 0 aliphatic carbocycles. The maximum Gasteiger partial charge on any atom is 0.338 e. The Labute approximate surface area is 107 Å². The van der Waals surface area contributed by atoms with E-state index < -0.39 is 11.6 Å². The Bertz CT molecular complexity index is 404. The van der Waals surface area contributed by atoms with Gasteiger partial charge in [-0.3, -0.25) is 0 Å². The lowest BCUT2D eigenvalue weighted by Gasteiger charge is -2.20. The molecule has 5 heteroatoms. The topological polar surface area (TPSA) is 67.8 Å². The fraction of sp³-hybridized carbons (Fsp3) is 0.462. The zero-order valence-electron chi connectivity index (χ0n) is 10.9. The van der Waals surface area contributed by atoms with Crippen LogP contribution in [-0.4, -0.2) is 37.4 Å². The quantitative estimate of drug-likeness (QED) is 0.731. The number of aliphatic hydroxyl groups is 1. The molecule has 1 aromatic rings. The predicted molar refractivity (Wildman–Crippen MR) is 67.3 cm³/mol. The molecule has 0 heterocycles. The Morgan fingerprint density at radius 1 is 1.39 bits per heavy atom. The average Bonchev–Trinajstić information content (AvgIpc) is 2.38. The molecule has 1 aromatic carbocycles. The molecule has 0 spiro atoms. The van der Waals surface area contributed by atoms with Gasteiger partial charge < -0.3 is 19.9 Å². The minimum Gasteiger partial charge on any atom is -0.496 e. The van der Waals surface area contributed by atoms with Crippen LogP contribution in [-0.2, 0) is 16.1 Å². The smallest absolute Gasteiger partial charge is 0.338 e. The summed E-state index contributed by atoms with van der Waals surface area (Å²) in [5.41, 5.74) is -0.572. The van der Waals surface area contributed by atoms with Crippen molar-refractivity contribution in [3.8, 4) is 5.75 Å². The molecule has 100 valence electrons. The van der Waals surface area contributed by atoms with Crippen molar-refractivity contribution in [1.29, 1.82) is 0 Å². The summed E-state index contributed by atoms with van der Waals surface area (Å²) in [5, 5.41) is 12.8. The number of hydrogen-bond donors (Lipinski definition) is 2. The summed E-state index contributed by atoms with van der Waals surface area (Å²) >= 11 is 0. The second-order valence-corrected chi connectivity index (χ2v) is 4.18. The molecule has 2 N–H and O–H groups in total. The third-order valence-electron chi connectivity index (χ3n) is 2.60. The highest BCUT2D eigenvalue weighted by atomic mass is 16.5. The number of benzene rings is 1. The summed E-state index contributed by atoms with van der Waals surface area (Å²) in [4.78, 5) is 11.3. The van der Waals surface area contributed by atoms with Gasteiger partial charge in [0.05, 0.1) is 14.2 Å². The number of esters is 1. The van der Waals surface area contributed by atoms with Crippen molar-refractivity contribution in [3.63, 3.8) is 0 Å². The van der Waals surface area contributed by atoms with Crippen molar-refractivity contribution in [2.24, 2.45) is 0 Å². The third-order valence-corrected chi connectivity index (χ3v) is 2.60. The largest absolute Gasteiger partial charge is 0.496 e. The number of methoxy groups -OCH3 is 2. The first kappa shape index (κ1) is 14.5. The molecule has 0 saturated heterocycles. The number of carbonyl (C=O) groups excluding carboxylic acids is 1. The van der Waals surface area contributed by atoms with E-state index in [1.807, 2.05) is 24.3 Å². The Morgan fingerprint density at radius 3 is 2.67 bits per heavy atom. The van der Waals surface area contributed by atoms with Crippen LogP contribution in [0.3, 0.4) is 0 Å². The highest BCUT2D eigenvalue weighted by molar-refractivity contribution is 5.78. The second kappa shape index (κ2) is 6.37. The van der Waals surface area contributed by atoms with Gasteiger partial charge in [0.1, 0.15) is 5.75 Å². The van der Waals surface area contributed by atoms with E-state index in [1.165, 1.54) is 14.0 Å². The average molecular weight is 253 g/mol. The van der Waals surface area contributed by atoms with Crippen molar-refractivity contribution in [3.05, 3.63) is 29.8 Å². The summed E-state index contributed by atoms with van der Waals surface area (Å²) in [7, 11) is 2.85. The summed E-state index contributed by atoms with van der Waals surface area (Å²) in [5.74, 6) is 0.109. The molecular formula is C13H19NO4. The van der Waals surface area contributed by atoms with Gasteiger partial charge in [-0.1, -0.05) is 18.2 Å². The molecule has 5 nitrogen and oxygen atoms in total. The van der Waals surface area contributed by atoms with E-state index in [0.29, 0.717) is 6.54 Å². The van der Waals surface area contributed by atoms with Gasteiger partial charge in [-0.25, -0.2) is 4.79 Å². The van der Waals surface area contributed by atoms with E-state index in [2.05, 4.69) is 10.1 Å². The van der Waals surface area contributed by atoms with Gasteiger partial charge in [-0.2, -0.15) is 0 Å². The fourth-order valence-electron chi connectivity index (χ4n) is 1.58. The van der Waals surface area contributed by atoms with Crippen molar-refractivity contribution in [2.75, 3.05) is 20.8 Å². The Kier molecular flexibility index (Phi) is 5.12. The molecule has 0 fully saturated rings. The maximum absolute atomic E-state index is 11.3. The van der Waals surface area contributed by atoms with Crippen LogP contribution in [0, 0.1) is 0 Å². The molecule has 0 aliphatic rings. The Hall–Kier alpha value is -1.59. The third kappa shape index (κ3) is 3.72. The Morgan fingerprint density at radius 2 is 2.06 bits per heavy atom. The Balaban J connectivity index is 2.54. The highest BCUT2D eigenvalue weighted by Crippen LogP contribution is 2.16. The van der Waals surface area contributed by atoms with Crippen LogP contribution in [0.2, 0.25) is 0 Å². The predicted octanol–water partition coefficient (Wildman–Crippen LogP) is 0.709. The van der Waals surface area contributed by atoms with Crippen LogP contribution in [0.5, 0.6) is 5.75 Å². The molecule has 0 aromatic heterocycles. The van der Waals surface area contributed by atoms with Crippen LogP contribution in [0.4, 0.5) is 0 Å². The number of rotatable bonds is 6. The van der Waals surface area contributed by atoms with Crippen LogP contribution >= 0.6 is 0 Å². The lowest BCUT2D eigenvalue weighted by molar-refractivity contribution is -0.159. The van der Waals surface area contributed by atoms with Crippen molar-refractivity contribution in [1.82, 2.24) is 5.32 Å². The van der Waals surface area contributed by atoms with Gasteiger partial charge in [0.25, 0.3) is 0 Å². The van der Waals surface area contributed by atoms with Crippen LogP contribution in [0.1, 0.15) is 12.5 Å². The minimum atomic E-state index is -1.53. The summed E-state index contributed by atoms with van der Waals surface area (Å²) < 4.78 is 9.71. The number of ether oxygens (including phenoxy) is 2. The molecule has 1 unspecified atom stereocenters. The van der Waals surface area contributed by atoms with E-state index >= 15 is 0 Å². The van der Waals surface area contributed by atoms with Crippen molar-refractivity contribution < 1.29 is 19.4 Å². The summed E-state index contributed by atoms with van der Waals surface area (Å²) in [6.45, 7) is 2.02. The first-order chi connectivity index (χ1) is 8.51. The lowest BCUT2D eigenvalue weighted by atomic mass is 10.1. The molecular weight excluding hydrogens is 234 g/mol. The first-order valence-electron chi connectivity index (χ1n) is 5.64. The molecule has 0 bridgehead atoms. The minimum absolute atomic E-state index is 0.109. The van der Waals surface area contributed by atoms with Gasteiger partial charge in [0, 0.05) is 18.7 Å². The van der Waals surface area contributed by atoms with Crippen molar-refractivity contribution >= 4 is 5.97 Å². The van der Waals surface area contributed by atoms with Gasteiger partial charge in [0.15, 0.2) is 5.60 Å². The monoisotopic (exact) mass is 253 g/mol. The molecule has 18 heavy (non-hydrogen) atoms. The zero-order chi connectivity index (χ0) is 13.6. The molecule has 0 radical (unpaired) electrons. The lowest BCUT2D eigenvalue weighted by Crippen LogP contribution is -2.45. The number of hydrogen-bond acceptors (Lipinski definition) is 5. The van der Waals surface area contributed by atoms with Crippen LogP contribution < -0.4 is 10.1 Å². The fourth-order valence-corrected chi connectivity index (χ4v) is 1.58. The summed E-state index contributed by atoms with van der Waals surface area (Å²) in [6, 6.07) is 7.55. The van der Waals surface area contributed by atoms with Crippen LogP contribution in [0.25, 0.3) is 0 Å². The SMILES string of the molecule is COC(=O)C(C)(O)CNCc1ccccc1OC. The zero-order valence-corrected chi connectivity index (χ0v) is 10.9. The molecule has 0 amide bonds. The number of para-hydroxylation sites is 1. The normalized spacial score (nSPS) is 13.8. The van der Waals surface area contributed by atoms with E-state index in [4.69, 9.17) is 4.74 Å². The van der Waals surface area contributed by atoms with Gasteiger partial charge in [-0.05, 0) is 13.0 Å². The molecule has 1 atom stereocenters. The van der Waals surface area contributed by atoms with Gasteiger partial charge >= 0.3 is 5.97 Å². The maximum atomic E-state index is 11.3. The number of nitrogens with one attached hydrogen (secondary N) is 1. The van der Waals surface area contributed by atoms with Gasteiger partial charge in [0.2, 0.25) is 0 Å². The standard InChI is InChI=1S/C13H19NO4/c1-13(16,12(15)18-3)9-14-8-10-6-4-5-7-11(10)17-2/h4-7,14,16H,8-9H2,1-3H3. The second-order valence-electron chi connectivity index (χ2n) is 4.18. The van der Waals surface area contributed by atoms with Gasteiger partial charge in [-0.15, -0.1) is 0 Å². The molecule has 0 saturated carbocycles. The highest BCUT2D eigenvalue weighted by Gasteiger charge is 2.30. The van der Waals surface area contributed by atoms with E-state index in [-0.39, 0.29) is 6.54 Å². The van der Waals surface area contributed by atoms with E-state index in [0.717, 1.165) is 11.3 Å². The molecule has 0 aliphatic heterocycles. The van der Waals surface area contributed by atoms with Crippen molar-refractivity contribution in [2.45, 2.75) is 19.1 Å².